The van der Waals surface area contributed by atoms with Crippen LogP contribution < -0.4 is 5.56 Å². The maximum Gasteiger partial charge on any atom is 0.279 e. The van der Waals surface area contributed by atoms with Crippen molar-refractivity contribution in [2.24, 2.45) is 0 Å². The van der Waals surface area contributed by atoms with Crippen LogP contribution >= 0.6 is 11.6 Å². The van der Waals surface area contributed by atoms with Crippen molar-refractivity contribution in [1.29, 1.82) is 0 Å². The Morgan fingerprint density at radius 3 is 2.91 bits per heavy atom. The fraction of sp³-hybridized carbons (Fsp3) is 0.0625. The van der Waals surface area contributed by atoms with Crippen LogP contribution in [-0.2, 0) is 6.42 Å². The van der Waals surface area contributed by atoms with Gasteiger partial charge >= 0.3 is 0 Å². The molecule has 2 aromatic heterocycles. The molecule has 22 heavy (non-hydrogen) atoms. The van der Waals surface area contributed by atoms with E-state index in [1.54, 1.807) is 0 Å². The van der Waals surface area contributed by atoms with Crippen LogP contribution in [0, 0.1) is 0 Å². The van der Waals surface area contributed by atoms with Crippen molar-refractivity contribution in [3.63, 3.8) is 0 Å². The van der Waals surface area contributed by atoms with Crippen LogP contribution in [0.15, 0.2) is 53.6 Å². The number of fused-ring (bicyclic) bond motifs is 1. The van der Waals surface area contributed by atoms with Crippen LogP contribution in [0.3, 0.4) is 0 Å². The number of aromatic nitrogens is 4. The van der Waals surface area contributed by atoms with Gasteiger partial charge in [-0.15, -0.1) is 0 Å². The second-order valence-corrected chi connectivity index (χ2v) is 5.50. The van der Waals surface area contributed by atoms with Gasteiger partial charge in [0.1, 0.15) is 6.33 Å². The zero-order valence-corrected chi connectivity index (χ0v) is 12.2. The van der Waals surface area contributed by atoms with Gasteiger partial charge < -0.3 is 4.98 Å². The number of H-pyrrole nitrogens is 1. The zero-order chi connectivity index (χ0) is 15.1. The molecule has 0 saturated heterocycles. The van der Waals surface area contributed by atoms with Crippen molar-refractivity contribution in [1.82, 2.24) is 19.6 Å². The number of hydrogen-bond acceptors (Lipinski definition) is 3. The smallest absolute Gasteiger partial charge is 0.279 e. The first-order valence-corrected chi connectivity index (χ1v) is 7.18. The fourth-order valence-corrected chi connectivity index (χ4v) is 2.73. The van der Waals surface area contributed by atoms with E-state index in [4.69, 9.17) is 11.6 Å². The maximum atomic E-state index is 12.7. The molecule has 1 N–H and O–H groups in total. The van der Waals surface area contributed by atoms with E-state index in [0.717, 1.165) is 16.8 Å². The molecule has 0 aliphatic heterocycles. The molecule has 5 nitrogen and oxygen atoms in total. The van der Waals surface area contributed by atoms with E-state index < -0.39 is 0 Å². The van der Waals surface area contributed by atoms with Crippen LogP contribution in [0.25, 0.3) is 11.4 Å². The molecule has 108 valence electrons. The fourth-order valence-electron chi connectivity index (χ4n) is 2.52. The summed E-state index contributed by atoms with van der Waals surface area (Å²) in [5.41, 5.74) is 3.23. The van der Waals surface area contributed by atoms with Crippen molar-refractivity contribution in [2.75, 3.05) is 0 Å². The molecule has 0 unspecified atom stereocenters. The summed E-state index contributed by atoms with van der Waals surface area (Å²) in [5.74, 6) is 0.441. The van der Waals surface area contributed by atoms with Gasteiger partial charge in [-0.2, -0.15) is 14.6 Å². The number of aromatic amines is 1. The molecule has 0 amide bonds. The van der Waals surface area contributed by atoms with E-state index >= 15 is 0 Å². The lowest BCUT2D eigenvalue weighted by atomic mass is 9.97. The Hall–Kier alpha value is -2.66. The minimum absolute atomic E-state index is 0.164. The first kappa shape index (κ1) is 13.0. The summed E-state index contributed by atoms with van der Waals surface area (Å²) in [7, 11) is 0. The average molecular weight is 311 g/mol. The first-order chi connectivity index (χ1) is 10.7. The topological polar surface area (TPSA) is 63.0 Å². The highest BCUT2D eigenvalue weighted by molar-refractivity contribution is 6.30. The number of nitrogens with one attached hydrogen (secondary N) is 1. The highest BCUT2D eigenvalue weighted by Crippen LogP contribution is 2.24. The molecule has 4 rings (SSSR count). The second-order valence-electron chi connectivity index (χ2n) is 5.07. The minimum atomic E-state index is -0.164. The predicted octanol–water partition coefficient (Wildman–Crippen LogP) is 2.62. The minimum Gasteiger partial charge on any atom is -0.323 e. The molecule has 1 aromatic carbocycles. The highest BCUT2D eigenvalue weighted by atomic mass is 35.5. The van der Waals surface area contributed by atoms with Crippen molar-refractivity contribution >= 4 is 23.0 Å². The summed E-state index contributed by atoms with van der Waals surface area (Å²) in [5, 5.41) is 4.63. The van der Waals surface area contributed by atoms with E-state index in [0.29, 0.717) is 22.8 Å². The lowest BCUT2D eigenvalue weighted by molar-refractivity contribution is 0.867. The Morgan fingerprint density at radius 2 is 2.18 bits per heavy atom. The van der Waals surface area contributed by atoms with E-state index in [1.165, 1.54) is 10.8 Å². The Kier molecular flexibility index (Phi) is 2.94. The van der Waals surface area contributed by atoms with Crippen molar-refractivity contribution < 1.29 is 0 Å². The Morgan fingerprint density at radius 1 is 1.32 bits per heavy atom. The van der Waals surface area contributed by atoms with Crippen molar-refractivity contribution in [3.8, 4) is 0 Å². The standard InChI is InChI=1S/C16H11ClN4O/c17-12-6-1-3-10(7-12)8-13-14(11-4-2-5-11)20-16-18-9-19-21(16)15(13)22/h1-7,9H,8H2,(H,18,19,20). The Bertz CT molecular complexity index is 997. The monoisotopic (exact) mass is 310 g/mol. The van der Waals surface area contributed by atoms with Gasteiger partial charge in [-0.05, 0) is 23.3 Å². The third kappa shape index (κ3) is 2.07. The molecule has 0 spiro atoms. The SMILES string of the molecule is O=c1c(Cc2cccc(Cl)c2)c(C2=CC=C2)[nH]c2ncnn12. The largest absolute Gasteiger partial charge is 0.323 e. The third-order valence-electron chi connectivity index (χ3n) is 3.65. The summed E-state index contributed by atoms with van der Waals surface area (Å²) in [6.45, 7) is 0. The number of rotatable bonds is 3. The van der Waals surface area contributed by atoms with E-state index in [9.17, 15) is 4.79 Å². The molecule has 0 bridgehead atoms. The maximum absolute atomic E-state index is 12.7. The number of allylic oxidation sites excluding steroid dienone is 4. The van der Waals surface area contributed by atoms with Gasteiger partial charge in [-0.25, -0.2) is 0 Å². The third-order valence-corrected chi connectivity index (χ3v) is 3.88. The first-order valence-electron chi connectivity index (χ1n) is 6.80. The van der Waals surface area contributed by atoms with E-state index in [2.05, 4.69) is 15.1 Å². The number of halogens is 1. The van der Waals surface area contributed by atoms with Crippen LogP contribution in [0.4, 0.5) is 0 Å². The lowest BCUT2D eigenvalue weighted by Gasteiger charge is -2.13. The Balaban J connectivity index is 1.90. The summed E-state index contributed by atoms with van der Waals surface area (Å²) in [6.07, 6.45) is 7.70. The van der Waals surface area contributed by atoms with Gasteiger partial charge in [0, 0.05) is 17.0 Å². The normalized spacial score (nSPS) is 13.2. The van der Waals surface area contributed by atoms with E-state index in [1.807, 2.05) is 42.5 Å². The molecule has 0 atom stereocenters. The molecule has 1 aliphatic rings. The molecule has 0 fully saturated rings. The van der Waals surface area contributed by atoms with Crippen LogP contribution in [0.5, 0.6) is 0 Å². The van der Waals surface area contributed by atoms with Gasteiger partial charge in [0.25, 0.3) is 5.56 Å². The zero-order valence-electron chi connectivity index (χ0n) is 11.5. The van der Waals surface area contributed by atoms with Crippen molar-refractivity contribution in [3.05, 3.63) is 81.0 Å². The van der Waals surface area contributed by atoms with Gasteiger partial charge in [-0.1, -0.05) is 42.0 Å². The number of hydrogen-bond donors (Lipinski definition) is 1. The van der Waals surface area contributed by atoms with Crippen LogP contribution in [0.2, 0.25) is 5.02 Å². The van der Waals surface area contributed by atoms with Crippen LogP contribution in [-0.4, -0.2) is 19.6 Å². The molecular formula is C16H11ClN4O. The molecule has 0 radical (unpaired) electrons. The van der Waals surface area contributed by atoms with Gasteiger partial charge in [0.15, 0.2) is 0 Å². The second kappa shape index (κ2) is 4.96. The number of benzene rings is 1. The summed E-state index contributed by atoms with van der Waals surface area (Å²) >= 11 is 6.03. The van der Waals surface area contributed by atoms with Gasteiger partial charge in [-0.3, -0.25) is 4.79 Å². The summed E-state index contributed by atoms with van der Waals surface area (Å²) in [4.78, 5) is 20.0. The molecule has 6 heteroatoms. The van der Waals surface area contributed by atoms with E-state index in [-0.39, 0.29) is 5.56 Å². The Labute approximate surface area is 130 Å². The molecule has 3 aromatic rings. The molecule has 2 heterocycles. The quantitative estimate of drug-likeness (QED) is 0.809. The summed E-state index contributed by atoms with van der Waals surface area (Å²) in [6, 6.07) is 7.50. The number of nitrogens with zero attached hydrogens (tertiary/aromatic N) is 3. The molecule has 1 aliphatic carbocycles. The average Bonchev–Trinajstić information content (AvgIpc) is 2.90. The van der Waals surface area contributed by atoms with Gasteiger partial charge in [0.05, 0.1) is 5.69 Å². The predicted molar refractivity (Wildman–Crippen MR) is 85.0 cm³/mol. The van der Waals surface area contributed by atoms with Crippen LogP contribution in [0.1, 0.15) is 16.8 Å². The molecular weight excluding hydrogens is 300 g/mol. The van der Waals surface area contributed by atoms with Gasteiger partial charge in [0.2, 0.25) is 5.78 Å². The lowest BCUT2D eigenvalue weighted by Crippen LogP contribution is -2.23. The summed E-state index contributed by atoms with van der Waals surface area (Å²) < 4.78 is 1.28. The van der Waals surface area contributed by atoms with Crippen molar-refractivity contribution in [2.45, 2.75) is 6.42 Å². The molecule has 0 saturated carbocycles. The highest BCUT2D eigenvalue weighted by Gasteiger charge is 2.17.